The number of anilines is 2. The van der Waals surface area contributed by atoms with Gasteiger partial charge < -0.3 is 21.5 Å². The van der Waals surface area contributed by atoms with Crippen molar-refractivity contribution >= 4 is 28.1 Å². The molecule has 0 bridgehead atoms. The maximum atomic E-state index is 12.5. The lowest BCUT2D eigenvalue weighted by Crippen LogP contribution is -2.23. The van der Waals surface area contributed by atoms with E-state index in [1.807, 2.05) is 0 Å². The van der Waals surface area contributed by atoms with Crippen molar-refractivity contribution in [3.63, 3.8) is 0 Å². The number of nitrogens with zero attached hydrogens (tertiary/aromatic N) is 1. The fraction of sp³-hybridized carbons (Fsp3) is 0.238. The Balaban J connectivity index is 1.89. The Kier molecular flexibility index (Phi) is 3.82. The first-order valence-electron chi connectivity index (χ1n) is 13.1. The van der Waals surface area contributed by atoms with E-state index in [2.05, 4.69) is 15.6 Å². The highest BCUT2D eigenvalue weighted by molar-refractivity contribution is 7.13. The molecule has 0 saturated heterocycles. The summed E-state index contributed by atoms with van der Waals surface area (Å²) in [6.45, 7) is -3.83. The van der Waals surface area contributed by atoms with Crippen LogP contribution in [-0.4, -0.2) is 29.0 Å². The maximum absolute atomic E-state index is 12.5. The van der Waals surface area contributed by atoms with Gasteiger partial charge in [-0.15, -0.1) is 11.3 Å². The van der Waals surface area contributed by atoms with E-state index in [0.717, 1.165) is 11.3 Å². The number of carbonyl (C=O) groups excluding carboxylic acids is 1. The highest BCUT2D eigenvalue weighted by Gasteiger charge is 2.08. The predicted octanol–water partition coefficient (Wildman–Crippen LogP) is 2.77. The molecule has 0 unspecified atom stereocenters. The molecule has 0 aliphatic rings. The zero-order valence-electron chi connectivity index (χ0n) is 24.6. The third-order valence-electron chi connectivity index (χ3n) is 3.37. The van der Waals surface area contributed by atoms with E-state index in [1.54, 1.807) is 18.2 Å². The number of carbonyl (C=O) groups is 1. The molecule has 0 spiro atoms. The number of amides is 1. The zero-order chi connectivity index (χ0) is 28.6. The molecular weight excluding hydrogens is 372 g/mol. The number of benzene rings is 2. The van der Waals surface area contributed by atoms with Gasteiger partial charge in [-0.25, -0.2) is 4.98 Å². The van der Waals surface area contributed by atoms with E-state index in [4.69, 9.17) is 19.4 Å². The molecule has 1 atom stereocenters. The number of hydrogen-bond acceptors (Lipinski definition) is 6. The number of hydrogen-bond donors (Lipinski definition) is 4. The van der Waals surface area contributed by atoms with Crippen LogP contribution in [0.15, 0.2) is 59.9 Å². The van der Waals surface area contributed by atoms with Gasteiger partial charge in [-0.3, -0.25) is 4.79 Å². The average molecular weight is 407 g/mol. The molecule has 3 aromatic rings. The summed E-state index contributed by atoms with van der Waals surface area (Å²) in [5, 5.41) is 14.8. The molecule has 5 N–H and O–H groups in total. The van der Waals surface area contributed by atoms with Crippen LogP contribution in [0, 0.1) is 0 Å². The van der Waals surface area contributed by atoms with E-state index in [1.165, 1.54) is 12.1 Å². The summed E-state index contributed by atoms with van der Waals surface area (Å²) >= 11 is 0.848. The Morgan fingerprint density at radius 3 is 2.75 bits per heavy atom. The van der Waals surface area contributed by atoms with Gasteiger partial charge >= 0.3 is 0 Å². The molecular formula is C21H24N4O2S. The first-order valence-corrected chi connectivity index (χ1v) is 8.96. The fourth-order valence-corrected chi connectivity index (χ4v) is 2.60. The number of aromatic nitrogens is 1. The fourth-order valence-electron chi connectivity index (χ4n) is 2.11. The molecule has 0 aliphatic carbocycles. The second kappa shape index (κ2) is 9.98. The second-order valence-electron chi connectivity index (χ2n) is 5.49. The Hall–Kier alpha value is -2.74. The smallest absolute Gasteiger partial charge is 0.230 e. The van der Waals surface area contributed by atoms with Crippen molar-refractivity contribution in [3.05, 3.63) is 76.7 Å². The van der Waals surface area contributed by atoms with E-state index in [-0.39, 0.29) is 21.7 Å². The summed E-state index contributed by atoms with van der Waals surface area (Å²) in [5.41, 5.74) is 4.21. The predicted molar refractivity (Wildman–Crippen MR) is 113 cm³/mol. The molecule has 0 saturated carbocycles. The lowest BCUT2D eigenvalue weighted by atomic mass is 10.1. The van der Waals surface area contributed by atoms with Gasteiger partial charge in [0.05, 0.1) is 26.4 Å². The lowest BCUT2D eigenvalue weighted by molar-refractivity contribution is -0.115. The van der Waals surface area contributed by atoms with Gasteiger partial charge in [0.1, 0.15) is 0 Å². The molecule has 0 aliphatic heterocycles. The number of nitrogens with one attached hydrogen (secondary N) is 2. The minimum Gasteiger partial charge on any atom is -0.387 e. The van der Waals surface area contributed by atoms with E-state index >= 15 is 0 Å². The van der Waals surface area contributed by atoms with Crippen molar-refractivity contribution in [2.24, 2.45) is 0 Å². The van der Waals surface area contributed by atoms with Crippen molar-refractivity contribution in [1.82, 2.24) is 10.3 Å². The SMILES string of the molecule is [2H]c1sc(N)nc1CC(=O)Nc1c([2H])c([2H])c(C([2H])([2H])C([2H])([2H])NC[C@]([2H])(O)c2ccccc2)c([2H])c1[2H]. The molecule has 0 radical (unpaired) electrons. The molecule has 0 fully saturated rings. The molecule has 7 heteroatoms. The highest BCUT2D eigenvalue weighted by Crippen LogP contribution is 2.14. The highest BCUT2D eigenvalue weighted by atomic mass is 32.1. The number of nitrogens with two attached hydrogens (primary N) is 1. The van der Waals surface area contributed by atoms with Gasteiger partial charge in [0.15, 0.2) is 5.13 Å². The summed E-state index contributed by atoms with van der Waals surface area (Å²) in [4.78, 5) is 16.3. The molecule has 3 rings (SSSR count). The first-order chi connectivity index (χ1) is 17.5. The molecule has 2 aromatic carbocycles. The van der Waals surface area contributed by atoms with Gasteiger partial charge in [0.25, 0.3) is 0 Å². The number of nitrogen functional groups attached to an aromatic ring is 1. The molecule has 6 nitrogen and oxygen atoms in total. The third kappa shape index (κ3) is 6.16. The number of rotatable bonds is 9. The monoisotopic (exact) mass is 406 g/mol. The summed E-state index contributed by atoms with van der Waals surface area (Å²) in [7, 11) is 0. The molecule has 1 aromatic heterocycles. The Labute approximate surface area is 182 Å². The van der Waals surface area contributed by atoms with E-state index < -0.39 is 73.2 Å². The van der Waals surface area contributed by atoms with Crippen molar-refractivity contribution in [1.29, 1.82) is 0 Å². The van der Waals surface area contributed by atoms with E-state index in [9.17, 15) is 9.90 Å². The summed E-state index contributed by atoms with van der Waals surface area (Å²) in [6, 6.07) is 4.14. The number of aliphatic hydroxyl groups is 1. The van der Waals surface area contributed by atoms with Gasteiger partial charge in [0.2, 0.25) is 5.91 Å². The molecule has 146 valence electrons. The zero-order valence-corrected chi connectivity index (χ0v) is 15.4. The number of thiazole rings is 1. The minimum atomic E-state index is -3.18. The summed E-state index contributed by atoms with van der Waals surface area (Å²) in [5.74, 6) is -0.812. The standard InChI is InChI=1S/C21H24N4O2S/c22-21-25-18(14-28-21)12-20(27)24-17-8-6-15(7-9-17)10-11-23-13-19(26)16-4-2-1-3-5-16/h1-9,14,19,23,26H,10-13H2,(H2,22,25)(H,24,27)/t19-/m0/s1/i6D,7D,8D,9D,10D2,11D2,14D,19D. The van der Waals surface area contributed by atoms with Crippen LogP contribution >= 0.6 is 11.3 Å². The topological polar surface area (TPSA) is 100 Å². The Morgan fingerprint density at radius 2 is 2.07 bits per heavy atom. The van der Waals surface area contributed by atoms with Crippen LogP contribution in [0.25, 0.3) is 0 Å². The summed E-state index contributed by atoms with van der Waals surface area (Å²) in [6.07, 6.45) is -5.95. The third-order valence-corrected chi connectivity index (χ3v) is 4.01. The van der Waals surface area contributed by atoms with Gasteiger partial charge in [-0.05, 0) is 36.1 Å². The quantitative estimate of drug-likeness (QED) is 0.438. The van der Waals surface area contributed by atoms with Gasteiger partial charge in [-0.1, -0.05) is 42.4 Å². The normalized spacial score (nSPS) is 19.2. The molecule has 1 amide bonds. The van der Waals surface area contributed by atoms with Gasteiger partial charge in [0, 0.05) is 23.1 Å². The molecule has 28 heavy (non-hydrogen) atoms. The van der Waals surface area contributed by atoms with Gasteiger partial charge in [-0.2, -0.15) is 0 Å². The van der Waals surface area contributed by atoms with Crippen molar-refractivity contribution in [2.45, 2.75) is 18.9 Å². The van der Waals surface area contributed by atoms with Crippen molar-refractivity contribution in [3.8, 4) is 0 Å². The first kappa shape index (κ1) is 10.7. The largest absolute Gasteiger partial charge is 0.387 e. The van der Waals surface area contributed by atoms with Crippen molar-refractivity contribution < 1.29 is 23.6 Å². The Bertz CT molecular complexity index is 1320. The van der Waals surface area contributed by atoms with Crippen LogP contribution in [0.4, 0.5) is 10.8 Å². The minimum absolute atomic E-state index is 0.0531. The lowest BCUT2D eigenvalue weighted by Gasteiger charge is -2.12. The Morgan fingerprint density at radius 1 is 1.32 bits per heavy atom. The van der Waals surface area contributed by atoms with Crippen LogP contribution in [-0.2, 0) is 17.6 Å². The van der Waals surface area contributed by atoms with Crippen LogP contribution in [0.1, 0.15) is 36.6 Å². The van der Waals surface area contributed by atoms with Crippen LogP contribution in [0.2, 0.25) is 0 Å². The molecule has 1 heterocycles. The summed E-state index contributed by atoms with van der Waals surface area (Å²) < 4.78 is 82.2. The van der Waals surface area contributed by atoms with Crippen molar-refractivity contribution in [2.75, 3.05) is 24.1 Å². The van der Waals surface area contributed by atoms with Crippen LogP contribution in [0.3, 0.4) is 0 Å². The van der Waals surface area contributed by atoms with Crippen LogP contribution < -0.4 is 16.4 Å². The second-order valence-corrected chi connectivity index (χ2v) is 6.32. The average Bonchev–Trinajstić information content (AvgIpc) is 3.16. The maximum Gasteiger partial charge on any atom is 0.230 e. The van der Waals surface area contributed by atoms with Crippen LogP contribution in [0.5, 0.6) is 0 Å². The van der Waals surface area contributed by atoms with E-state index in [0.29, 0.717) is 0 Å².